The fourth-order valence-corrected chi connectivity index (χ4v) is 4.42. The van der Waals surface area contributed by atoms with Crippen LogP contribution in [0.15, 0.2) is 63.9 Å². The molecular formula is C20H10Cl2N2O4S2. The zero-order chi connectivity index (χ0) is 21.4. The van der Waals surface area contributed by atoms with E-state index in [0.717, 1.165) is 11.8 Å². The third-order valence-electron chi connectivity index (χ3n) is 4.20. The molecule has 0 atom stereocenters. The average Bonchev–Trinajstić information content (AvgIpc) is 3.27. The van der Waals surface area contributed by atoms with Gasteiger partial charge in [0, 0.05) is 28.8 Å². The zero-order valence-electron chi connectivity index (χ0n) is 14.9. The fraction of sp³-hybridized carbons (Fsp3) is 0. The number of non-ortho nitro benzene ring substituents is 1. The minimum absolute atomic E-state index is 0.101. The molecule has 0 bridgehead atoms. The lowest BCUT2D eigenvalue weighted by molar-refractivity contribution is -0.384. The van der Waals surface area contributed by atoms with E-state index in [1.54, 1.807) is 42.5 Å². The highest BCUT2D eigenvalue weighted by molar-refractivity contribution is 8.27. The quantitative estimate of drug-likeness (QED) is 0.183. The van der Waals surface area contributed by atoms with Crippen molar-refractivity contribution in [1.82, 2.24) is 0 Å². The van der Waals surface area contributed by atoms with Gasteiger partial charge in [-0.05, 0) is 42.5 Å². The molecule has 0 radical (unpaired) electrons. The summed E-state index contributed by atoms with van der Waals surface area (Å²) in [5.41, 5.74) is 0.907. The van der Waals surface area contributed by atoms with Gasteiger partial charge in [-0.1, -0.05) is 47.2 Å². The van der Waals surface area contributed by atoms with Crippen molar-refractivity contribution in [2.24, 2.45) is 0 Å². The number of nitrogens with zero attached hydrogens (tertiary/aromatic N) is 2. The van der Waals surface area contributed by atoms with Crippen LogP contribution in [-0.4, -0.2) is 15.2 Å². The minimum Gasteiger partial charge on any atom is -0.457 e. The highest BCUT2D eigenvalue weighted by Gasteiger charge is 2.33. The maximum Gasteiger partial charge on any atom is 0.270 e. The van der Waals surface area contributed by atoms with Crippen LogP contribution in [0.4, 0.5) is 11.4 Å². The van der Waals surface area contributed by atoms with Crippen molar-refractivity contribution in [2.75, 3.05) is 4.90 Å². The molecule has 1 amide bonds. The maximum absolute atomic E-state index is 12.8. The van der Waals surface area contributed by atoms with E-state index in [2.05, 4.69) is 0 Å². The van der Waals surface area contributed by atoms with E-state index in [-0.39, 0.29) is 11.6 Å². The van der Waals surface area contributed by atoms with Gasteiger partial charge in [0.25, 0.3) is 11.6 Å². The molecular weight excluding hydrogens is 467 g/mol. The summed E-state index contributed by atoms with van der Waals surface area (Å²) in [5.74, 6) is 0.464. The van der Waals surface area contributed by atoms with Crippen molar-refractivity contribution in [3.8, 4) is 11.3 Å². The number of furan rings is 1. The van der Waals surface area contributed by atoms with Crippen LogP contribution in [0.3, 0.4) is 0 Å². The number of halogens is 2. The van der Waals surface area contributed by atoms with Crippen LogP contribution < -0.4 is 4.90 Å². The summed E-state index contributed by atoms with van der Waals surface area (Å²) < 4.78 is 6.15. The van der Waals surface area contributed by atoms with Crippen LogP contribution in [0.1, 0.15) is 5.76 Å². The predicted octanol–water partition coefficient (Wildman–Crippen LogP) is 6.57. The van der Waals surface area contributed by atoms with Crippen LogP contribution in [0.25, 0.3) is 17.4 Å². The van der Waals surface area contributed by atoms with Gasteiger partial charge in [0.15, 0.2) is 4.32 Å². The molecule has 0 N–H and O–H groups in total. The van der Waals surface area contributed by atoms with Crippen LogP contribution in [0.2, 0.25) is 10.0 Å². The Labute approximate surface area is 190 Å². The van der Waals surface area contributed by atoms with E-state index < -0.39 is 4.92 Å². The number of carbonyl (C=O) groups is 1. The second-order valence-corrected chi connectivity index (χ2v) is 8.64. The van der Waals surface area contributed by atoms with Gasteiger partial charge >= 0.3 is 0 Å². The topological polar surface area (TPSA) is 76.6 Å². The molecule has 10 heteroatoms. The van der Waals surface area contributed by atoms with Gasteiger partial charge in [0.05, 0.1) is 20.5 Å². The van der Waals surface area contributed by atoms with E-state index in [4.69, 9.17) is 39.8 Å². The standard InChI is InChI=1S/C20H10Cl2N2O4S2/c21-11-1-3-12(4-2-11)23-19(25)18(30-20(23)29)10-14-6-8-17(28-14)15-9-13(24(26)27)5-7-16(15)22/h1-10H/b18-10-. The van der Waals surface area contributed by atoms with Crippen LogP contribution in [0, 0.1) is 10.1 Å². The molecule has 0 saturated carbocycles. The zero-order valence-corrected chi connectivity index (χ0v) is 18.0. The molecule has 0 spiro atoms. The first-order valence-corrected chi connectivity index (χ1v) is 10.4. The molecule has 3 aromatic rings. The van der Waals surface area contributed by atoms with Crippen molar-refractivity contribution >= 4 is 74.9 Å². The Morgan fingerprint density at radius 1 is 1.10 bits per heavy atom. The second-order valence-electron chi connectivity index (χ2n) is 6.12. The minimum atomic E-state index is -0.508. The van der Waals surface area contributed by atoms with E-state index in [1.165, 1.54) is 23.1 Å². The average molecular weight is 477 g/mol. The van der Waals surface area contributed by atoms with Gasteiger partial charge in [-0.2, -0.15) is 0 Å². The van der Waals surface area contributed by atoms with Gasteiger partial charge in [-0.25, -0.2) is 0 Å². The van der Waals surface area contributed by atoms with Crippen molar-refractivity contribution in [3.05, 3.63) is 85.4 Å². The summed E-state index contributed by atoms with van der Waals surface area (Å²) in [7, 11) is 0. The van der Waals surface area contributed by atoms with Crippen molar-refractivity contribution < 1.29 is 14.1 Å². The molecule has 1 fully saturated rings. The second kappa shape index (κ2) is 8.23. The number of amides is 1. The first kappa shape index (κ1) is 20.6. The van der Waals surface area contributed by atoms with E-state index >= 15 is 0 Å². The number of anilines is 1. The van der Waals surface area contributed by atoms with Crippen molar-refractivity contribution in [2.45, 2.75) is 0 Å². The molecule has 30 heavy (non-hydrogen) atoms. The molecule has 0 aliphatic carbocycles. The van der Waals surface area contributed by atoms with Gasteiger partial charge in [0.1, 0.15) is 11.5 Å². The smallest absolute Gasteiger partial charge is 0.270 e. The Hall–Kier alpha value is -2.65. The number of carbonyl (C=O) groups excluding carboxylic acids is 1. The lowest BCUT2D eigenvalue weighted by Gasteiger charge is -2.14. The molecule has 0 unspecified atom stereocenters. The Morgan fingerprint density at radius 3 is 2.53 bits per heavy atom. The predicted molar refractivity (Wildman–Crippen MR) is 123 cm³/mol. The summed E-state index contributed by atoms with van der Waals surface area (Å²) in [6.45, 7) is 0. The monoisotopic (exact) mass is 476 g/mol. The summed E-state index contributed by atoms with van der Waals surface area (Å²) in [4.78, 5) is 25.2. The third kappa shape index (κ3) is 3.99. The lowest BCUT2D eigenvalue weighted by atomic mass is 10.1. The Morgan fingerprint density at radius 2 is 1.83 bits per heavy atom. The van der Waals surface area contributed by atoms with Crippen LogP contribution in [0.5, 0.6) is 0 Å². The normalized spacial score (nSPS) is 15.3. The number of benzene rings is 2. The largest absolute Gasteiger partial charge is 0.457 e. The molecule has 4 rings (SSSR count). The number of nitro benzene ring substituents is 1. The van der Waals surface area contributed by atoms with Gasteiger partial charge in [-0.3, -0.25) is 19.8 Å². The SMILES string of the molecule is O=C1/C(=C/c2ccc(-c3cc([N+](=O)[O-])ccc3Cl)o2)SC(=S)N1c1ccc(Cl)cc1. The lowest BCUT2D eigenvalue weighted by Crippen LogP contribution is -2.27. The van der Waals surface area contributed by atoms with Crippen molar-refractivity contribution in [3.63, 3.8) is 0 Å². The summed E-state index contributed by atoms with van der Waals surface area (Å²) in [6.07, 6.45) is 1.57. The molecule has 1 saturated heterocycles. The number of nitro groups is 1. The third-order valence-corrected chi connectivity index (χ3v) is 6.09. The van der Waals surface area contributed by atoms with E-state index in [1.807, 2.05) is 0 Å². The molecule has 1 aliphatic rings. The molecule has 2 heterocycles. The summed E-state index contributed by atoms with van der Waals surface area (Å²) in [6, 6.07) is 14.2. The number of thioether (sulfide) groups is 1. The number of rotatable bonds is 4. The van der Waals surface area contributed by atoms with Crippen LogP contribution >= 0.6 is 47.2 Å². The number of hydrogen-bond acceptors (Lipinski definition) is 6. The molecule has 1 aromatic heterocycles. The van der Waals surface area contributed by atoms with Gasteiger partial charge < -0.3 is 4.42 Å². The summed E-state index contributed by atoms with van der Waals surface area (Å²) >= 11 is 18.6. The fourth-order valence-electron chi connectivity index (χ4n) is 2.80. The molecule has 2 aromatic carbocycles. The first-order chi connectivity index (χ1) is 14.3. The Bertz CT molecular complexity index is 1220. The molecule has 6 nitrogen and oxygen atoms in total. The number of hydrogen-bond donors (Lipinski definition) is 0. The molecule has 1 aliphatic heterocycles. The van der Waals surface area contributed by atoms with E-state index in [9.17, 15) is 14.9 Å². The first-order valence-electron chi connectivity index (χ1n) is 8.41. The highest BCUT2D eigenvalue weighted by Crippen LogP contribution is 2.38. The van der Waals surface area contributed by atoms with Crippen LogP contribution in [-0.2, 0) is 4.79 Å². The maximum atomic E-state index is 12.8. The summed E-state index contributed by atoms with van der Waals surface area (Å²) in [5, 5.41) is 11.9. The van der Waals surface area contributed by atoms with Gasteiger partial charge in [0.2, 0.25) is 0 Å². The van der Waals surface area contributed by atoms with Crippen molar-refractivity contribution in [1.29, 1.82) is 0 Å². The molecule has 150 valence electrons. The van der Waals surface area contributed by atoms with E-state index in [0.29, 0.717) is 42.0 Å². The highest BCUT2D eigenvalue weighted by atomic mass is 35.5. The number of thiocarbonyl (C=S) groups is 1. The Balaban J connectivity index is 1.63. The Kier molecular flexibility index (Phi) is 5.66. The van der Waals surface area contributed by atoms with Gasteiger partial charge in [-0.15, -0.1) is 0 Å².